The van der Waals surface area contributed by atoms with Gasteiger partial charge in [0.15, 0.2) is 0 Å². The molecular weight excluding hydrogens is 359 g/mol. The number of rotatable bonds is 5. The first-order valence-electron chi connectivity index (χ1n) is 10.4. The molecule has 1 aliphatic heterocycles. The molecule has 0 bridgehead atoms. The van der Waals surface area contributed by atoms with Gasteiger partial charge in [0.2, 0.25) is 0 Å². The molecule has 3 fully saturated rings. The lowest BCUT2D eigenvalue weighted by molar-refractivity contribution is 0.116. The van der Waals surface area contributed by atoms with E-state index in [1.165, 1.54) is 0 Å². The predicted molar refractivity (Wildman–Crippen MR) is 105 cm³/mol. The van der Waals surface area contributed by atoms with E-state index in [0.29, 0.717) is 18.0 Å². The lowest BCUT2D eigenvalue weighted by Gasteiger charge is -2.39. The third-order valence-electron chi connectivity index (χ3n) is 6.02. The maximum atomic E-state index is 14.4. The summed E-state index contributed by atoms with van der Waals surface area (Å²) in [4.78, 5) is 28.6. The van der Waals surface area contributed by atoms with E-state index in [0.717, 1.165) is 50.6 Å². The van der Waals surface area contributed by atoms with Gasteiger partial charge in [-0.25, -0.2) is 14.0 Å². The number of hydrogen-bond donors (Lipinski definition) is 2. The van der Waals surface area contributed by atoms with E-state index in [9.17, 15) is 14.0 Å². The van der Waals surface area contributed by atoms with Crippen LogP contribution in [-0.2, 0) is 6.54 Å². The summed E-state index contributed by atoms with van der Waals surface area (Å²) in [6.45, 7) is 1.45. The van der Waals surface area contributed by atoms with Crippen LogP contribution in [0, 0.1) is 5.82 Å². The molecule has 152 valence electrons. The minimum absolute atomic E-state index is 0.0145. The Kier molecular flexibility index (Phi) is 5.42. The van der Waals surface area contributed by atoms with Crippen LogP contribution in [0.15, 0.2) is 18.2 Å². The number of likely N-dealkylation sites (tertiary alicyclic amines) is 1. The number of nitrogens with zero attached hydrogens (tertiary/aromatic N) is 2. The van der Waals surface area contributed by atoms with E-state index in [1.54, 1.807) is 24.1 Å². The van der Waals surface area contributed by atoms with Crippen molar-refractivity contribution in [3.8, 4) is 0 Å². The topological polar surface area (TPSA) is 64.7 Å². The number of piperidine rings is 1. The van der Waals surface area contributed by atoms with Gasteiger partial charge < -0.3 is 20.4 Å². The average Bonchev–Trinajstić information content (AvgIpc) is 3.60. The van der Waals surface area contributed by atoms with Gasteiger partial charge in [-0.05, 0) is 56.1 Å². The Hall–Kier alpha value is -2.31. The molecule has 1 saturated heterocycles. The minimum atomic E-state index is -0.244. The Morgan fingerprint density at radius 1 is 1.18 bits per heavy atom. The van der Waals surface area contributed by atoms with Crippen molar-refractivity contribution in [2.45, 2.75) is 63.1 Å². The van der Waals surface area contributed by atoms with Crippen LogP contribution in [-0.4, -0.2) is 54.1 Å². The highest BCUT2D eigenvalue weighted by Gasteiger charge is 2.39. The van der Waals surface area contributed by atoms with Crippen LogP contribution >= 0.6 is 0 Å². The molecule has 7 heteroatoms. The number of carbonyl (C=O) groups is 2. The summed E-state index contributed by atoms with van der Waals surface area (Å²) in [5, 5.41) is 5.57. The molecule has 6 nitrogen and oxygen atoms in total. The third kappa shape index (κ3) is 4.23. The van der Waals surface area contributed by atoms with E-state index in [-0.39, 0.29) is 36.5 Å². The SMILES string of the molecule is CNC(=O)N1CCC[C@@H](N(C(=O)NCc2ccc(C3CC3)cc2F)C2CC2)C1. The second-order valence-corrected chi connectivity index (χ2v) is 8.22. The molecule has 1 aromatic rings. The van der Waals surface area contributed by atoms with E-state index in [1.807, 2.05) is 11.0 Å². The highest BCUT2D eigenvalue weighted by atomic mass is 19.1. The van der Waals surface area contributed by atoms with Gasteiger partial charge in [-0.3, -0.25) is 0 Å². The van der Waals surface area contributed by atoms with Crippen LogP contribution in [0.1, 0.15) is 55.6 Å². The van der Waals surface area contributed by atoms with Crippen LogP contribution in [0.5, 0.6) is 0 Å². The number of carbonyl (C=O) groups excluding carboxylic acids is 2. The first-order chi connectivity index (χ1) is 13.6. The minimum Gasteiger partial charge on any atom is -0.341 e. The van der Waals surface area contributed by atoms with Crippen LogP contribution in [0.2, 0.25) is 0 Å². The van der Waals surface area contributed by atoms with Crippen molar-refractivity contribution < 1.29 is 14.0 Å². The summed E-state index contributed by atoms with van der Waals surface area (Å²) in [6.07, 6.45) is 6.04. The van der Waals surface area contributed by atoms with Gasteiger partial charge in [0.1, 0.15) is 5.82 Å². The molecular formula is C21H29FN4O2. The second kappa shape index (κ2) is 7.97. The zero-order valence-electron chi connectivity index (χ0n) is 16.4. The van der Waals surface area contributed by atoms with Gasteiger partial charge in [-0.15, -0.1) is 0 Å². The van der Waals surface area contributed by atoms with E-state index < -0.39 is 0 Å². The van der Waals surface area contributed by atoms with Gasteiger partial charge in [0, 0.05) is 38.3 Å². The summed E-state index contributed by atoms with van der Waals surface area (Å²) in [5.41, 5.74) is 1.58. The molecule has 1 atom stereocenters. The third-order valence-corrected chi connectivity index (χ3v) is 6.02. The monoisotopic (exact) mass is 388 g/mol. The summed E-state index contributed by atoms with van der Waals surface area (Å²) in [5.74, 6) is 0.268. The molecule has 0 spiro atoms. The van der Waals surface area contributed by atoms with Crippen molar-refractivity contribution in [3.05, 3.63) is 35.1 Å². The van der Waals surface area contributed by atoms with Crippen LogP contribution in [0.25, 0.3) is 0 Å². The summed E-state index contributed by atoms with van der Waals surface area (Å²) in [6, 6.07) is 5.37. The number of halogens is 1. The Morgan fingerprint density at radius 3 is 2.61 bits per heavy atom. The van der Waals surface area contributed by atoms with E-state index in [4.69, 9.17) is 0 Å². The second-order valence-electron chi connectivity index (χ2n) is 8.22. The number of amides is 4. The van der Waals surface area contributed by atoms with Gasteiger partial charge >= 0.3 is 12.1 Å². The van der Waals surface area contributed by atoms with Crippen LogP contribution in [0.3, 0.4) is 0 Å². The lowest BCUT2D eigenvalue weighted by Crippen LogP contribution is -2.56. The number of benzene rings is 1. The van der Waals surface area contributed by atoms with Gasteiger partial charge in [0.05, 0.1) is 6.04 Å². The molecule has 2 aliphatic carbocycles. The fraction of sp³-hybridized carbons (Fsp3) is 0.619. The van der Waals surface area contributed by atoms with E-state index >= 15 is 0 Å². The summed E-state index contributed by atoms with van der Waals surface area (Å²) < 4.78 is 14.4. The van der Waals surface area contributed by atoms with Crippen LogP contribution in [0.4, 0.5) is 14.0 Å². The van der Waals surface area contributed by atoms with Crippen molar-refractivity contribution in [3.63, 3.8) is 0 Å². The molecule has 3 aliphatic rings. The average molecular weight is 388 g/mol. The highest BCUT2D eigenvalue weighted by Crippen LogP contribution is 2.40. The number of urea groups is 2. The molecule has 1 aromatic carbocycles. The number of hydrogen-bond acceptors (Lipinski definition) is 2. The highest BCUT2D eigenvalue weighted by molar-refractivity contribution is 5.76. The Balaban J connectivity index is 1.38. The van der Waals surface area contributed by atoms with Crippen molar-refractivity contribution >= 4 is 12.1 Å². The largest absolute Gasteiger partial charge is 0.341 e. The molecule has 28 heavy (non-hydrogen) atoms. The predicted octanol–water partition coefficient (Wildman–Crippen LogP) is 3.18. The smallest absolute Gasteiger partial charge is 0.318 e. The Labute approximate surface area is 165 Å². The Bertz CT molecular complexity index is 748. The Morgan fingerprint density at radius 2 is 1.96 bits per heavy atom. The van der Waals surface area contributed by atoms with Crippen LogP contribution < -0.4 is 10.6 Å². The molecule has 0 unspecified atom stereocenters. The van der Waals surface area contributed by atoms with Crippen molar-refractivity contribution in [2.75, 3.05) is 20.1 Å². The van der Waals surface area contributed by atoms with E-state index in [2.05, 4.69) is 10.6 Å². The molecule has 1 heterocycles. The van der Waals surface area contributed by atoms with Crippen molar-refractivity contribution in [1.29, 1.82) is 0 Å². The van der Waals surface area contributed by atoms with Crippen molar-refractivity contribution in [1.82, 2.24) is 20.4 Å². The summed E-state index contributed by atoms with van der Waals surface area (Å²) in [7, 11) is 1.63. The first-order valence-corrected chi connectivity index (χ1v) is 10.4. The molecule has 0 aromatic heterocycles. The quantitative estimate of drug-likeness (QED) is 0.814. The first kappa shape index (κ1) is 19.0. The van der Waals surface area contributed by atoms with Gasteiger partial charge in [-0.1, -0.05) is 12.1 Å². The summed E-state index contributed by atoms with van der Waals surface area (Å²) >= 11 is 0. The maximum absolute atomic E-state index is 14.4. The zero-order valence-corrected chi connectivity index (χ0v) is 16.4. The fourth-order valence-electron chi connectivity index (χ4n) is 4.15. The molecule has 4 amide bonds. The van der Waals surface area contributed by atoms with Gasteiger partial charge in [-0.2, -0.15) is 0 Å². The standard InChI is InChI=1S/C21H29FN4O2/c1-23-20(27)25-10-2-3-18(13-25)26(17-8-9-17)21(28)24-12-16-7-6-15(11-19(16)22)14-4-5-14/h6-7,11,14,17-18H,2-5,8-10,12-13H2,1H3,(H,23,27)(H,24,28)/t18-/m1/s1. The normalized spacial score (nSPS) is 21.9. The molecule has 2 N–H and O–H groups in total. The number of nitrogens with one attached hydrogen (secondary N) is 2. The maximum Gasteiger partial charge on any atom is 0.318 e. The lowest BCUT2D eigenvalue weighted by atomic mass is 10.0. The molecule has 0 radical (unpaired) electrons. The zero-order chi connectivity index (χ0) is 19.7. The fourth-order valence-corrected chi connectivity index (χ4v) is 4.15. The van der Waals surface area contributed by atoms with Gasteiger partial charge in [0.25, 0.3) is 0 Å². The molecule has 2 saturated carbocycles. The van der Waals surface area contributed by atoms with Crippen molar-refractivity contribution in [2.24, 2.45) is 0 Å². The molecule has 4 rings (SSSR count).